The monoisotopic (exact) mass is 425 g/mol. The molecule has 138 valence electrons. The van der Waals surface area contributed by atoms with Crippen molar-refractivity contribution in [3.05, 3.63) is 80.8 Å². The van der Waals surface area contributed by atoms with Crippen molar-refractivity contribution >= 4 is 38.8 Å². The van der Waals surface area contributed by atoms with Crippen molar-refractivity contribution in [2.75, 3.05) is 0 Å². The Labute approximate surface area is 165 Å². The molecule has 0 bridgehead atoms. The Morgan fingerprint density at radius 1 is 1.19 bits per heavy atom. The number of H-pyrrole nitrogens is 1. The van der Waals surface area contributed by atoms with Crippen molar-refractivity contribution in [2.45, 2.75) is 26.4 Å². The molecule has 0 unspecified atom stereocenters. The second-order valence-electron chi connectivity index (χ2n) is 6.44. The van der Waals surface area contributed by atoms with Crippen LogP contribution in [-0.4, -0.2) is 26.8 Å². The summed E-state index contributed by atoms with van der Waals surface area (Å²) in [7, 11) is 0. The highest BCUT2D eigenvalue weighted by molar-refractivity contribution is 9.10. The number of nitrogens with one attached hydrogen (secondary N) is 1. The van der Waals surface area contributed by atoms with Crippen LogP contribution >= 0.6 is 15.9 Å². The summed E-state index contributed by atoms with van der Waals surface area (Å²) in [5.74, 6) is 0.326. The molecule has 0 aliphatic heterocycles. The number of halogens is 1. The van der Waals surface area contributed by atoms with E-state index in [1.54, 1.807) is 35.3 Å². The van der Waals surface area contributed by atoms with Crippen LogP contribution in [-0.2, 0) is 11.3 Å². The summed E-state index contributed by atoms with van der Waals surface area (Å²) in [5.41, 5.74) is 1.35. The van der Waals surface area contributed by atoms with E-state index in [0.29, 0.717) is 16.7 Å². The van der Waals surface area contributed by atoms with Crippen LogP contribution in [0.4, 0.5) is 0 Å². The van der Waals surface area contributed by atoms with Gasteiger partial charge in [-0.05, 0) is 43.7 Å². The van der Waals surface area contributed by atoms with Gasteiger partial charge in [-0.15, -0.1) is 0 Å². The van der Waals surface area contributed by atoms with Crippen molar-refractivity contribution in [3.8, 4) is 0 Å². The van der Waals surface area contributed by atoms with Crippen LogP contribution in [0.5, 0.6) is 0 Å². The molecule has 1 amide bonds. The summed E-state index contributed by atoms with van der Waals surface area (Å²) in [6.07, 6.45) is 3.32. The van der Waals surface area contributed by atoms with Gasteiger partial charge in [0.05, 0.1) is 17.4 Å². The molecular formula is C21H20BrN3O2. The first-order valence-corrected chi connectivity index (χ1v) is 9.46. The number of carbonyl (C=O) groups is 1. The number of fused-ring (bicyclic) bond motifs is 1. The van der Waals surface area contributed by atoms with Crippen LogP contribution in [0.2, 0.25) is 0 Å². The van der Waals surface area contributed by atoms with Gasteiger partial charge in [0.15, 0.2) is 0 Å². The van der Waals surface area contributed by atoms with E-state index in [2.05, 4.69) is 25.9 Å². The lowest BCUT2D eigenvalue weighted by Gasteiger charge is -2.25. The molecule has 1 heterocycles. The second kappa shape index (κ2) is 8.31. The van der Waals surface area contributed by atoms with Gasteiger partial charge in [0, 0.05) is 16.6 Å². The zero-order chi connectivity index (χ0) is 19.4. The van der Waals surface area contributed by atoms with Crippen molar-refractivity contribution in [3.63, 3.8) is 0 Å². The molecule has 3 aromatic rings. The van der Waals surface area contributed by atoms with E-state index < -0.39 is 0 Å². The van der Waals surface area contributed by atoms with Gasteiger partial charge in [0.2, 0.25) is 5.91 Å². The molecule has 0 aliphatic carbocycles. The highest BCUT2D eigenvalue weighted by atomic mass is 79.9. The largest absolute Gasteiger partial charge is 0.329 e. The van der Waals surface area contributed by atoms with Crippen LogP contribution < -0.4 is 5.56 Å². The third-order valence-electron chi connectivity index (χ3n) is 4.20. The number of rotatable bonds is 5. The van der Waals surface area contributed by atoms with Gasteiger partial charge < -0.3 is 9.88 Å². The predicted molar refractivity (Wildman–Crippen MR) is 111 cm³/mol. The van der Waals surface area contributed by atoms with E-state index in [4.69, 9.17) is 0 Å². The topological polar surface area (TPSA) is 66.1 Å². The summed E-state index contributed by atoms with van der Waals surface area (Å²) in [6.45, 7) is 4.10. The predicted octanol–water partition coefficient (Wildman–Crippen LogP) is 4.14. The molecule has 3 rings (SSSR count). The van der Waals surface area contributed by atoms with Gasteiger partial charge in [-0.3, -0.25) is 9.59 Å². The Morgan fingerprint density at radius 3 is 2.63 bits per heavy atom. The number of carbonyl (C=O) groups excluding carboxylic acids is 1. The van der Waals surface area contributed by atoms with E-state index in [1.807, 2.05) is 44.2 Å². The second-order valence-corrected chi connectivity index (χ2v) is 7.30. The van der Waals surface area contributed by atoms with Crippen LogP contribution in [0.3, 0.4) is 0 Å². The average molecular weight is 426 g/mol. The zero-order valence-electron chi connectivity index (χ0n) is 15.1. The van der Waals surface area contributed by atoms with Gasteiger partial charge in [-0.2, -0.15) is 0 Å². The fraction of sp³-hybridized carbons (Fsp3) is 0.190. The van der Waals surface area contributed by atoms with E-state index in [1.165, 1.54) is 0 Å². The average Bonchev–Trinajstić information content (AvgIpc) is 2.65. The first-order chi connectivity index (χ1) is 13.0. The highest BCUT2D eigenvalue weighted by Gasteiger charge is 2.17. The maximum atomic E-state index is 12.7. The molecule has 1 N–H and O–H groups in total. The van der Waals surface area contributed by atoms with Crippen LogP contribution in [0.15, 0.2) is 63.9 Å². The smallest absolute Gasteiger partial charge is 0.258 e. The summed E-state index contributed by atoms with van der Waals surface area (Å²) >= 11 is 3.47. The van der Waals surface area contributed by atoms with Crippen LogP contribution in [0, 0.1) is 0 Å². The Balaban J connectivity index is 1.85. The third kappa shape index (κ3) is 4.52. The number of aromatic nitrogens is 2. The first kappa shape index (κ1) is 19.0. The minimum Gasteiger partial charge on any atom is -0.329 e. The summed E-state index contributed by atoms with van der Waals surface area (Å²) < 4.78 is 0.922. The molecule has 6 heteroatoms. The van der Waals surface area contributed by atoms with Crippen molar-refractivity contribution in [1.29, 1.82) is 0 Å². The molecule has 2 aromatic carbocycles. The van der Waals surface area contributed by atoms with Crippen molar-refractivity contribution in [1.82, 2.24) is 14.9 Å². The Bertz CT molecular complexity index is 1060. The SMILES string of the molecule is CC(C)N(Cc1nc2ccccc2c(=O)[nH]1)C(=O)C=Cc1ccccc1Br. The number of para-hydroxylation sites is 1. The fourth-order valence-corrected chi connectivity index (χ4v) is 3.17. The molecule has 0 fully saturated rings. The molecule has 0 saturated heterocycles. The maximum Gasteiger partial charge on any atom is 0.258 e. The van der Waals surface area contributed by atoms with Gasteiger partial charge in [-0.25, -0.2) is 4.98 Å². The Hall–Kier alpha value is -2.73. The number of hydrogen-bond donors (Lipinski definition) is 1. The van der Waals surface area contributed by atoms with E-state index >= 15 is 0 Å². The lowest BCUT2D eigenvalue weighted by molar-refractivity contribution is -0.128. The molecule has 27 heavy (non-hydrogen) atoms. The molecule has 1 aromatic heterocycles. The van der Waals surface area contributed by atoms with Gasteiger partial charge in [0.1, 0.15) is 5.82 Å². The molecule has 5 nitrogen and oxygen atoms in total. The van der Waals surface area contributed by atoms with E-state index in [-0.39, 0.29) is 24.1 Å². The fourth-order valence-electron chi connectivity index (χ4n) is 2.75. The van der Waals surface area contributed by atoms with E-state index in [0.717, 1.165) is 10.0 Å². The molecular weight excluding hydrogens is 406 g/mol. The highest BCUT2D eigenvalue weighted by Crippen LogP contribution is 2.17. The number of benzene rings is 2. The summed E-state index contributed by atoms with van der Waals surface area (Å²) in [5, 5.41) is 0.539. The number of aromatic amines is 1. The Kier molecular flexibility index (Phi) is 5.86. The van der Waals surface area contributed by atoms with Gasteiger partial charge in [0.25, 0.3) is 5.56 Å². The number of nitrogens with zero attached hydrogens (tertiary/aromatic N) is 2. The molecule has 0 saturated carbocycles. The molecule has 0 aliphatic rings. The number of hydrogen-bond acceptors (Lipinski definition) is 3. The van der Waals surface area contributed by atoms with Crippen LogP contribution in [0.1, 0.15) is 25.2 Å². The molecule has 0 radical (unpaired) electrons. The minimum atomic E-state index is -0.199. The summed E-state index contributed by atoms with van der Waals surface area (Å²) in [6, 6.07) is 14.8. The lowest BCUT2D eigenvalue weighted by Crippen LogP contribution is -2.36. The lowest BCUT2D eigenvalue weighted by atomic mass is 10.2. The van der Waals surface area contributed by atoms with Gasteiger partial charge in [-0.1, -0.05) is 46.3 Å². The summed E-state index contributed by atoms with van der Waals surface area (Å²) in [4.78, 5) is 33.9. The molecule has 0 atom stereocenters. The Morgan fingerprint density at radius 2 is 1.89 bits per heavy atom. The molecule has 0 spiro atoms. The normalized spacial score (nSPS) is 11.4. The standard InChI is InChI=1S/C21H20BrN3O2/c1-14(2)25(20(26)12-11-15-7-3-5-9-17(15)22)13-19-23-18-10-6-4-8-16(18)21(27)24-19/h3-12,14H,13H2,1-2H3,(H,23,24,27). The zero-order valence-corrected chi connectivity index (χ0v) is 16.7. The minimum absolute atomic E-state index is 0.0434. The number of amides is 1. The maximum absolute atomic E-state index is 12.7. The van der Waals surface area contributed by atoms with Crippen molar-refractivity contribution < 1.29 is 4.79 Å². The van der Waals surface area contributed by atoms with E-state index in [9.17, 15) is 9.59 Å². The van der Waals surface area contributed by atoms with Crippen LogP contribution in [0.25, 0.3) is 17.0 Å². The van der Waals surface area contributed by atoms with Gasteiger partial charge >= 0.3 is 0 Å². The third-order valence-corrected chi connectivity index (χ3v) is 4.92. The van der Waals surface area contributed by atoms with Crippen molar-refractivity contribution in [2.24, 2.45) is 0 Å². The quantitative estimate of drug-likeness (QED) is 0.624. The first-order valence-electron chi connectivity index (χ1n) is 8.67.